The smallest absolute Gasteiger partial charge is 0.143 e. The molecule has 0 saturated heterocycles. The highest BCUT2D eigenvalue weighted by Gasteiger charge is 2.06. The van der Waals surface area contributed by atoms with Crippen LogP contribution in [0.2, 0.25) is 10.0 Å². The van der Waals surface area contributed by atoms with Crippen molar-refractivity contribution in [2.75, 3.05) is 12.1 Å². The van der Waals surface area contributed by atoms with Crippen LogP contribution in [0.3, 0.4) is 0 Å². The largest absolute Gasteiger partial charge is 0.506 e. The van der Waals surface area contributed by atoms with Crippen molar-refractivity contribution in [3.8, 4) is 5.75 Å². The van der Waals surface area contributed by atoms with E-state index in [4.69, 9.17) is 23.2 Å². The first-order valence-corrected chi connectivity index (χ1v) is 6.34. The summed E-state index contributed by atoms with van der Waals surface area (Å²) < 4.78 is 0. The molecular weight excluding hydrogens is 283 g/mol. The van der Waals surface area contributed by atoms with Crippen LogP contribution < -0.4 is 5.01 Å². The predicted octanol–water partition coefficient (Wildman–Crippen LogP) is 4.17. The third-order valence-electron chi connectivity index (χ3n) is 2.56. The topological polar surface area (TPSA) is 35.8 Å². The number of nitrogens with zero attached hydrogens (tertiary/aromatic N) is 2. The minimum absolute atomic E-state index is 0.0312. The summed E-state index contributed by atoms with van der Waals surface area (Å²) in [5, 5.41) is 16.4. The number of benzene rings is 2. The van der Waals surface area contributed by atoms with Crippen LogP contribution in [0.1, 0.15) is 5.56 Å². The van der Waals surface area contributed by atoms with Crippen LogP contribution in [-0.4, -0.2) is 18.4 Å². The molecule has 0 aromatic heterocycles. The fraction of sp³-hybridized carbons (Fsp3) is 0.0714. The van der Waals surface area contributed by atoms with Crippen molar-refractivity contribution < 1.29 is 5.11 Å². The molecule has 19 heavy (non-hydrogen) atoms. The molecule has 98 valence electrons. The Hall–Kier alpha value is -1.71. The number of phenols is 1. The molecule has 0 amide bonds. The van der Waals surface area contributed by atoms with Gasteiger partial charge in [0.15, 0.2) is 0 Å². The van der Waals surface area contributed by atoms with Gasteiger partial charge in [-0.2, -0.15) is 5.10 Å². The normalized spacial score (nSPS) is 10.9. The minimum atomic E-state index is -0.0312. The summed E-state index contributed by atoms with van der Waals surface area (Å²) in [5.41, 5.74) is 1.41. The van der Waals surface area contributed by atoms with Crippen LogP contribution in [0.15, 0.2) is 47.6 Å². The lowest BCUT2D eigenvalue weighted by molar-refractivity contribution is 0.474. The summed E-state index contributed by atoms with van der Waals surface area (Å²) in [6.07, 6.45) is 1.51. The molecule has 0 atom stereocenters. The summed E-state index contributed by atoms with van der Waals surface area (Å²) in [4.78, 5) is 0. The van der Waals surface area contributed by atoms with Crippen LogP contribution in [0.4, 0.5) is 5.69 Å². The molecule has 2 aromatic rings. The van der Waals surface area contributed by atoms with Gasteiger partial charge in [-0.25, -0.2) is 0 Å². The van der Waals surface area contributed by atoms with E-state index in [2.05, 4.69) is 5.10 Å². The second kappa shape index (κ2) is 5.95. The number of para-hydroxylation sites is 1. The van der Waals surface area contributed by atoms with E-state index in [1.165, 1.54) is 12.3 Å². The van der Waals surface area contributed by atoms with Crippen LogP contribution >= 0.6 is 23.2 Å². The zero-order valence-electron chi connectivity index (χ0n) is 10.2. The van der Waals surface area contributed by atoms with E-state index in [1.54, 1.807) is 11.1 Å². The SMILES string of the molecule is CN(/N=C/c1cc(Cl)cc(Cl)c1O)c1ccccc1. The van der Waals surface area contributed by atoms with Crippen LogP contribution in [0.5, 0.6) is 5.75 Å². The Morgan fingerprint density at radius 2 is 1.84 bits per heavy atom. The lowest BCUT2D eigenvalue weighted by Gasteiger charge is -2.12. The van der Waals surface area contributed by atoms with Crippen LogP contribution in [0.25, 0.3) is 0 Å². The molecule has 0 radical (unpaired) electrons. The molecule has 3 nitrogen and oxygen atoms in total. The van der Waals surface area contributed by atoms with Crippen molar-refractivity contribution in [2.24, 2.45) is 5.10 Å². The van der Waals surface area contributed by atoms with Crippen molar-refractivity contribution in [1.29, 1.82) is 0 Å². The van der Waals surface area contributed by atoms with E-state index in [-0.39, 0.29) is 10.8 Å². The maximum atomic E-state index is 9.81. The van der Waals surface area contributed by atoms with Gasteiger partial charge in [0.25, 0.3) is 0 Å². The van der Waals surface area contributed by atoms with Crippen LogP contribution in [-0.2, 0) is 0 Å². The monoisotopic (exact) mass is 294 g/mol. The van der Waals surface area contributed by atoms with Crippen molar-refractivity contribution >= 4 is 35.1 Å². The zero-order chi connectivity index (χ0) is 13.8. The van der Waals surface area contributed by atoms with Gasteiger partial charge >= 0.3 is 0 Å². The number of hydrogen-bond donors (Lipinski definition) is 1. The Morgan fingerprint density at radius 3 is 2.53 bits per heavy atom. The second-order valence-corrected chi connectivity index (χ2v) is 4.77. The third-order valence-corrected chi connectivity index (χ3v) is 3.06. The lowest BCUT2D eigenvalue weighted by Crippen LogP contribution is -2.08. The maximum Gasteiger partial charge on any atom is 0.143 e. The number of phenolic OH excluding ortho intramolecular Hbond substituents is 1. The number of halogens is 2. The molecule has 0 aliphatic heterocycles. The number of rotatable bonds is 3. The summed E-state index contributed by atoms with van der Waals surface area (Å²) >= 11 is 11.7. The van der Waals surface area contributed by atoms with E-state index >= 15 is 0 Å². The number of hydrogen-bond acceptors (Lipinski definition) is 3. The third kappa shape index (κ3) is 3.40. The van der Waals surface area contributed by atoms with Gasteiger partial charge < -0.3 is 5.11 Å². The van der Waals surface area contributed by atoms with Crippen molar-refractivity contribution in [2.45, 2.75) is 0 Å². The van der Waals surface area contributed by atoms with Gasteiger partial charge in [-0.15, -0.1) is 0 Å². The first-order valence-electron chi connectivity index (χ1n) is 5.58. The van der Waals surface area contributed by atoms with Crippen molar-refractivity contribution in [1.82, 2.24) is 0 Å². The van der Waals surface area contributed by atoms with Crippen molar-refractivity contribution in [3.05, 3.63) is 58.1 Å². The molecule has 0 spiro atoms. The Balaban J connectivity index is 2.24. The molecule has 0 aliphatic rings. The predicted molar refractivity (Wildman–Crippen MR) is 80.6 cm³/mol. The highest BCUT2D eigenvalue weighted by atomic mass is 35.5. The number of anilines is 1. The van der Waals surface area contributed by atoms with E-state index in [1.807, 2.05) is 37.4 Å². The summed E-state index contributed by atoms with van der Waals surface area (Å²) in [7, 11) is 1.81. The van der Waals surface area contributed by atoms with E-state index in [9.17, 15) is 5.11 Å². The average Bonchev–Trinajstić information content (AvgIpc) is 2.41. The van der Waals surface area contributed by atoms with Crippen LogP contribution in [0, 0.1) is 0 Å². The summed E-state index contributed by atoms with van der Waals surface area (Å²) in [5.74, 6) is -0.0312. The standard InChI is InChI=1S/C14H12Cl2N2O/c1-18(12-5-3-2-4-6-12)17-9-10-7-11(15)8-13(16)14(10)19/h2-9,19H,1H3/b17-9+. The van der Waals surface area contributed by atoms with Gasteiger partial charge in [0.1, 0.15) is 5.75 Å². The number of aromatic hydroxyl groups is 1. The molecule has 2 rings (SSSR count). The Morgan fingerprint density at radius 1 is 1.16 bits per heavy atom. The van der Waals surface area contributed by atoms with Gasteiger partial charge in [-0.05, 0) is 24.3 Å². The fourth-order valence-electron chi connectivity index (χ4n) is 1.54. The van der Waals surface area contributed by atoms with Gasteiger partial charge in [-0.1, -0.05) is 41.4 Å². The quantitative estimate of drug-likeness (QED) is 0.681. The number of hydrazone groups is 1. The Labute approximate surface area is 121 Å². The molecule has 0 fully saturated rings. The molecular formula is C14H12Cl2N2O. The molecule has 0 aliphatic carbocycles. The van der Waals surface area contributed by atoms with E-state index in [0.29, 0.717) is 10.6 Å². The average molecular weight is 295 g/mol. The van der Waals surface area contributed by atoms with Gasteiger partial charge in [0, 0.05) is 17.6 Å². The molecule has 0 saturated carbocycles. The minimum Gasteiger partial charge on any atom is -0.506 e. The summed E-state index contributed by atoms with van der Waals surface area (Å²) in [6.45, 7) is 0. The molecule has 1 N–H and O–H groups in total. The highest BCUT2D eigenvalue weighted by molar-refractivity contribution is 6.36. The molecule has 5 heteroatoms. The van der Waals surface area contributed by atoms with Crippen molar-refractivity contribution in [3.63, 3.8) is 0 Å². The maximum absolute atomic E-state index is 9.81. The molecule has 2 aromatic carbocycles. The molecule has 0 unspecified atom stereocenters. The zero-order valence-corrected chi connectivity index (χ0v) is 11.7. The van der Waals surface area contributed by atoms with Gasteiger partial charge in [0.2, 0.25) is 0 Å². The first-order chi connectivity index (χ1) is 9.08. The van der Waals surface area contributed by atoms with Gasteiger partial charge in [-0.3, -0.25) is 5.01 Å². The van der Waals surface area contributed by atoms with E-state index in [0.717, 1.165) is 5.69 Å². The molecule has 0 heterocycles. The lowest BCUT2D eigenvalue weighted by atomic mass is 10.2. The molecule has 0 bridgehead atoms. The summed E-state index contributed by atoms with van der Waals surface area (Å²) in [6, 6.07) is 12.7. The second-order valence-electron chi connectivity index (χ2n) is 3.93. The highest BCUT2D eigenvalue weighted by Crippen LogP contribution is 2.30. The van der Waals surface area contributed by atoms with E-state index < -0.39 is 0 Å². The first kappa shape index (κ1) is 13.7. The Bertz CT molecular complexity index is 600. The Kier molecular flexibility index (Phi) is 4.30. The van der Waals surface area contributed by atoms with Gasteiger partial charge in [0.05, 0.1) is 16.9 Å². The fourth-order valence-corrected chi connectivity index (χ4v) is 2.05.